The molecule has 0 fully saturated rings. The van der Waals surface area contributed by atoms with Crippen LogP contribution in [0, 0.1) is 0 Å². The van der Waals surface area contributed by atoms with Gasteiger partial charge in [0.1, 0.15) is 5.75 Å². The molecule has 0 aliphatic heterocycles. The molecule has 0 heterocycles. The van der Waals surface area contributed by atoms with Crippen molar-refractivity contribution in [3.8, 4) is 5.75 Å². The van der Waals surface area contributed by atoms with Gasteiger partial charge in [0.2, 0.25) is 0 Å². The molecule has 2 N–H and O–H groups in total. The third kappa shape index (κ3) is 4.98. The summed E-state index contributed by atoms with van der Waals surface area (Å²) < 4.78 is 32.5. The lowest BCUT2D eigenvalue weighted by Gasteiger charge is -2.15. The topological polar surface area (TPSA) is 84.5 Å². The minimum atomic E-state index is -3.73. The molecule has 0 saturated carbocycles. The normalized spacial score (nSPS) is 11.2. The molecule has 0 aromatic heterocycles. The molecule has 0 aliphatic rings. The van der Waals surface area contributed by atoms with Gasteiger partial charge >= 0.3 is 0 Å². The summed E-state index contributed by atoms with van der Waals surface area (Å²) in [4.78, 5) is 12.3. The SMILES string of the molecule is CCC(CC)NC(=O)c1ccc(S(=O)(=O)Nc2ccc(OC)cc2)cc1. The highest BCUT2D eigenvalue weighted by Crippen LogP contribution is 2.19. The summed E-state index contributed by atoms with van der Waals surface area (Å²) in [5, 5.41) is 2.93. The minimum absolute atomic E-state index is 0.0902. The lowest BCUT2D eigenvalue weighted by atomic mass is 10.1. The molecule has 7 heteroatoms. The van der Waals surface area contributed by atoms with Crippen LogP contribution in [-0.2, 0) is 10.0 Å². The first-order chi connectivity index (χ1) is 12.4. The quantitative estimate of drug-likeness (QED) is 0.739. The number of rotatable bonds is 8. The number of methoxy groups -OCH3 is 1. The van der Waals surface area contributed by atoms with Crippen molar-refractivity contribution in [1.29, 1.82) is 0 Å². The van der Waals surface area contributed by atoms with Crippen LogP contribution in [0.15, 0.2) is 53.4 Å². The number of anilines is 1. The molecule has 6 nitrogen and oxygen atoms in total. The van der Waals surface area contributed by atoms with E-state index in [0.29, 0.717) is 17.0 Å². The Kier molecular flexibility index (Phi) is 6.63. The van der Waals surface area contributed by atoms with Crippen LogP contribution in [0.2, 0.25) is 0 Å². The van der Waals surface area contributed by atoms with Gasteiger partial charge in [0.15, 0.2) is 0 Å². The molecular weight excluding hydrogens is 352 g/mol. The van der Waals surface area contributed by atoms with E-state index < -0.39 is 10.0 Å². The molecule has 0 bridgehead atoms. The van der Waals surface area contributed by atoms with Gasteiger partial charge in [0.25, 0.3) is 15.9 Å². The zero-order chi connectivity index (χ0) is 19.2. The second-order valence-corrected chi connectivity index (χ2v) is 7.53. The van der Waals surface area contributed by atoms with Gasteiger partial charge in [-0.2, -0.15) is 0 Å². The number of hydrogen-bond donors (Lipinski definition) is 2. The van der Waals surface area contributed by atoms with Crippen LogP contribution in [0.5, 0.6) is 5.75 Å². The van der Waals surface area contributed by atoms with E-state index in [1.54, 1.807) is 31.4 Å². The van der Waals surface area contributed by atoms with Gasteiger partial charge in [-0.25, -0.2) is 8.42 Å². The molecular formula is C19H24N2O4S. The second-order valence-electron chi connectivity index (χ2n) is 5.85. The smallest absolute Gasteiger partial charge is 0.261 e. The number of hydrogen-bond acceptors (Lipinski definition) is 4. The van der Waals surface area contributed by atoms with Crippen LogP contribution in [-0.4, -0.2) is 27.5 Å². The predicted octanol–water partition coefficient (Wildman–Crippen LogP) is 3.41. The van der Waals surface area contributed by atoms with E-state index >= 15 is 0 Å². The van der Waals surface area contributed by atoms with Crippen molar-refractivity contribution in [2.24, 2.45) is 0 Å². The molecule has 26 heavy (non-hydrogen) atoms. The molecule has 0 saturated heterocycles. The van der Waals surface area contributed by atoms with E-state index in [1.165, 1.54) is 24.3 Å². The highest BCUT2D eigenvalue weighted by atomic mass is 32.2. The molecule has 140 valence electrons. The first kappa shape index (κ1) is 19.8. The summed E-state index contributed by atoms with van der Waals surface area (Å²) in [6, 6.07) is 12.6. The van der Waals surface area contributed by atoms with Crippen LogP contribution in [0.3, 0.4) is 0 Å². The number of carbonyl (C=O) groups is 1. The van der Waals surface area contributed by atoms with Crippen molar-refractivity contribution >= 4 is 21.6 Å². The highest BCUT2D eigenvalue weighted by Gasteiger charge is 2.16. The summed E-state index contributed by atoms with van der Waals surface area (Å²) in [5.74, 6) is 0.437. The van der Waals surface area contributed by atoms with Crippen LogP contribution in [0.25, 0.3) is 0 Å². The van der Waals surface area contributed by atoms with Gasteiger partial charge in [-0.15, -0.1) is 0 Å². The summed E-state index contributed by atoms with van der Waals surface area (Å²) >= 11 is 0. The maximum atomic E-state index is 12.5. The van der Waals surface area contributed by atoms with Crippen molar-refractivity contribution in [2.45, 2.75) is 37.6 Å². The molecule has 0 aliphatic carbocycles. The van der Waals surface area contributed by atoms with Crippen molar-refractivity contribution in [3.05, 3.63) is 54.1 Å². The fraction of sp³-hybridized carbons (Fsp3) is 0.316. The molecule has 0 atom stereocenters. The Hall–Kier alpha value is -2.54. The molecule has 2 aromatic carbocycles. The monoisotopic (exact) mass is 376 g/mol. The maximum absolute atomic E-state index is 12.5. The fourth-order valence-corrected chi connectivity index (χ4v) is 3.48. The molecule has 0 unspecified atom stereocenters. The predicted molar refractivity (Wildman–Crippen MR) is 102 cm³/mol. The first-order valence-corrected chi connectivity index (χ1v) is 9.95. The van der Waals surface area contributed by atoms with E-state index in [-0.39, 0.29) is 16.8 Å². The summed E-state index contributed by atoms with van der Waals surface area (Å²) in [6.45, 7) is 4.02. The lowest BCUT2D eigenvalue weighted by molar-refractivity contribution is 0.0934. The average Bonchev–Trinajstić information content (AvgIpc) is 2.66. The standard InChI is InChI=1S/C19H24N2O4S/c1-4-15(5-2)20-19(22)14-6-12-18(13-7-14)26(23,24)21-16-8-10-17(25-3)11-9-16/h6-13,15,21H,4-5H2,1-3H3,(H,20,22). The van der Waals surface area contributed by atoms with Gasteiger partial charge in [-0.3, -0.25) is 9.52 Å². The summed E-state index contributed by atoms with van der Waals surface area (Å²) in [6.07, 6.45) is 1.70. The van der Waals surface area contributed by atoms with E-state index in [9.17, 15) is 13.2 Å². The maximum Gasteiger partial charge on any atom is 0.261 e. The zero-order valence-corrected chi connectivity index (χ0v) is 16.0. The Morgan fingerprint density at radius 1 is 1.00 bits per heavy atom. The van der Waals surface area contributed by atoms with Gasteiger partial charge in [0.05, 0.1) is 12.0 Å². The molecule has 1 amide bonds. The molecule has 2 aromatic rings. The van der Waals surface area contributed by atoms with E-state index in [1.807, 2.05) is 13.8 Å². The third-order valence-corrected chi connectivity index (χ3v) is 5.49. The zero-order valence-electron chi connectivity index (χ0n) is 15.2. The third-order valence-electron chi connectivity index (χ3n) is 4.09. The molecule has 0 spiro atoms. The van der Waals surface area contributed by atoms with Crippen molar-refractivity contribution in [1.82, 2.24) is 5.32 Å². The van der Waals surface area contributed by atoms with Crippen LogP contribution >= 0.6 is 0 Å². The largest absolute Gasteiger partial charge is 0.497 e. The average molecular weight is 376 g/mol. The molecule has 2 rings (SSSR count). The van der Waals surface area contributed by atoms with Crippen molar-refractivity contribution in [2.75, 3.05) is 11.8 Å². The van der Waals surface area contributed by atoms with Gasteiger partial charge < -0.3 is 10.1 Å². The van der Waals surface area contributed by atoms with Crippen molar-refractivity contribution < 1.29 is 17.9 Å². The van der Waals surface area contributed by atoms with Gasteiger partial charge in [-0.05, 0) is 61.4 Å². The fourth-order valence-electron chi connectivity index (χ4n) is 2.42. The van der Waals surface area contributed by atoms with E-state index in [0.717, 1.165) is 12.8 Å². The molecule has 0 radical (unpaired) electrons. The van der Waals surface area contributed by atoms with E-state index in [2.05, 4.69) is 10.0 Å². The number of benzene rings is 2. The van der Waals surface area contributed by atoms with Crippen LogP contribution in [0.1, 0.15) is 37.0 Å². The van der Waals surface area contributed by atoms with Crippen LogP contribution in [0.4, 0.5) is 5.69 Å². The van der Waals surface area contributed by atoms with E-state index in [4.69, 9.17) is 4.74 Å². The van der Waals surface area contributed by atoms with Crippen LogP contribution < -0.4 is 14.8 Å². The number of carbonyl (C=O) groups excluding carboxylic acids is 1. The number of amides is 1. The Bertz CT molecular complexity index is 827. The lowest BCUT2D eigenvalue weighted by Crippen LogP contribution is -2.33. The number of ether oxygens (including phenoxy) is 1. The Labute approximate surface area is 154 Å². The second kappa shape index (κ2) is 8.71. The number of nitrogens with one attached hydrogen (secondary N) is 2. The van der Waals surface area contributed by atoms with Gasteiger partial charge in [-0.1, -0.05) is 13.8 Å². The van der Waals surface area contributed by atoms with Gasteiger partial charge in [0, 0.05) is 17.3 Å². The summed E-state index contributed by atoms with van der Waals surface area (Å²) in [5.41, 5.74) is 0.863. The summed E-state index contributed by atoms with van der Waals surface area (Å²) in [7, 11) is -2.19. The minimum Gasteiger partial charge on any atom is -0.497 e. The Balaban J connectivity index is 2.11. The van der Waals surface area contributed by atoms with Crippen molar-refractivity contribution in [3.63, 3.8) is 0 Å². The highest BCUT2D eigenvalue weighted by molar-refractivity contribution is 7.92. The Morgan fingerprint density at radius 2 is 1.58 bits per heavy atom. The Morgan fingerprint density at radius 3 is 2.08 bits per heavy atom. The first-order valence-electron chi connectivity index (χ1n) is 8.47. The number of sulfonamides is 1.